The van der Waals surface area contributed by atoms with Crippen LogP contribution in [0.25, 0.3) is 0 Å². The maximum Gasteiger partial charge on any atom is 0.222 e. The lowest BCUT2D eigenvalue weighted by atomic mass is 9.89. The number of rotatable bonds is 6. The van der Waals surface area contributed by atoms with Crippen LogP contribution >= 0.6 is 0 Å². The molecule has 0 atom stereocenters. The van der Waals surface area contributed by atoms with E-state index in [1.807, 2.05) is 17.0 Å². The summed E-state index contributed by atoms with van der Waals surface area (Å²) in [5, 5.41) is 0. The van der Waals surface area contributed by atoms with E-state index in [0.717, 1.165) is 44.5 Å². The van der Waals surface area contributed by atoms with E-state index in [-0.39, 0.29) is 5.91 Å². The zero-order valence-electron chi connectivity index (χ0n) is 12.9. The SMILES string of the molecule is COc1ccccc1CC1CCN(C(=O)CCCN)CC1. The molecule has 1 aromatic rings. The van der Waals surface area contributed by atoms with Gasteiger partial charge in [0.2, 0.25) is 5.91 Å². The van der Waals surface area contributed by atoms with Gasteiger partial charge in [-0.1, -0.05) is 18.2 Å². The summed E-state index contributed by atoms with van der Waals surface area (Å²) >= 11 is 0. The number of amides is 1. The van der Waals surface area contributed by atoms with Crippen molar-refractivity contribution in [3.05, 3.63) is 29.8 Å². The Hall–Kier alpha value is -1.55. The van der Waals surface area contributed by atoms with Gasteiger partial charge in [-0.15, -0.1) is 0 Å². The highest BCUT2D eigenvalue weighted by Gasteiger charge is 2.23. The molecule has 1 heterocycles. The molecule has 1 aliphatic rings. The highest BCUT2D eigenvalue weighted by molar-refractivity contribution is 5.76. The molecular weight excluding hydrogens is 264 g/mol. The van der Waals surface area contributed by atoms with Gasteiger partial charge in [0.25, 0.3) is 0 Å². The van der Waals surface area contributed by atoms with Crippen LogP contribution in [-0.2, 0) is 11.2 Å². The molecular formula is C17H26N2O2. The monoisotopic (exact) mass is 290 g/mol. The molecule has 116 valence electrons. The third-order valence-electron chi connectivity index (χ3n) is 4.26. The molecule has 1 saturated heterocycles. The van der Waals surface area contributed by atoms with Crippen molar-refractivity contribution in [2.45, 2.75) is 32.1 Å². The van der Waals surface area contributed by atoms with E-state index in [9.17, 15) is 4.79 Å². The second-order valence-electron chi connectivity index (χ2n) is 5.73. The van der Waals surface area contributed by atoms with Gasteiger partial charge in [0.05, 0.1) is 7.11 Å². The van der Waals surface area contributed by atoms with Gasteiger partial charge in [-0.05, 0) is 49.8 Å². The summed E-state index contributed by atoms with van der Waals surface area (Å²) in [6, 6.07) is 8.21. The van der Waals surface area contributed by atoms with Crippen LogP contribution in [0.4, 0.5) is 0 Å². The topological polar surface area (TPSA) is 55.6 Å². The molecule has 0 unspecified atom stereocenters. The Bertz CT molecular complexity index is 454. The average molecular weight is 290 g/mol. The predicted octanol–water partition coefficient (Wildman–Crippen LogP) is 2.22. The van der Waals surface area contributed by atoms with Crippen molar-refractivity contribution >= 4 is 5.91 Å². The molecule has 0 aromatic heterocycles. The van der Waals surface area contributed by atoms with Gasteiger partial charge in [-0.3, -0.25) is 4.79 Å². The van der Waals surface area contributed by atoms with Crippen molar-refractivity contribution in [3.8, 4) is 5.75 Å². The maximum absolute atomic E-state index is 12.0. The van der Waals surface area contributed by atoms with E-state index in [1.165, 1.54) is 5.56 Å². The van der Waals surface area contributed by atoms with Gasteiger partial charge < -0.3 is 15.4 Å². The molecule has 0 spiro atoms. The molecule has 0 bridgehead atoms. The molecule has 4 heteroatoms. The number of nitrogens with two attached hydrogens (primary N) is 1. The molecule has 2 rings (SSSR count). The van der Waals surface area contributed by atoms with E-state index in [0.29, 0.717) is 18.9 Å². The van der Waals surface area contributed by atoms with Crippen molar-refractivity contribution in [1.82, 2.24) is 4.90 Å². The average Bonchev–Trinajstić information content (AvgIpc) is 2.54. The quantitative estimate of drug-likeness (QED) is 0.874. The summed E-state index contributed by atoms with van der Waals surface area (Å²) in [4.78, 5) is 14.0. The Kier molecular flexibility index (Phi) is 6.05. The summed E-state index contributed by atoms with van der Waals surface area (Å²) < 4.78 is 5.41. The number of ether oxygens (including phenoxy) is 1. The summed E-state index contributed by atoms with van der Waals surface area (Å²) in [7, 11) is 1.72. The van der Waals surface area contributed by atoms with Crippen LogP contribution in [0.15, 0.2) is 24.3 Å². The number of hydrogen-bond donors (Lipinski definition) is 1. The van der Waals surface area contributed by atoms with Gasteiger partial charge in [0.1, 0.15) is 5.75 Å². The number of carbonyl (C=O) groups is 1. The molecule has 0 saturated carbocycles. The number of hydrogen-bond acceptors (Lipinski definition) is 3. The van der Waals surface area contributed by atoms with Crippen molar-refractivity contribution in [3.63, 3.8) is 0 Å². The molecule has 1 amide bonds. The Morgan fingerprint density at radius 1 is 1.33 bits per heavy atom. The van der Waals surface area contributed by atoms with Crippen LogP contribution in [0.5, 0.6) is 5.75 Å². The largest absolute Gasteiger partial charge is 0.496 e. The minimum absolute atomic E-state index is 0.260. The van der Waals surface area contributed by atoms with Crippen LogP contribution in [-0.4, -0.2) is 37.6 Å². The lowest BCUT2D eigenvalue weighted by Gasteiger charge is -2.32. The Labute approximate surface area is 127 Å². The van der Waals surface area contributed by atoms with Crippen molar-refractivity contribution in [1.29, 1.82) is 0 Å². The molecule has 21 heavy (non-hydrogen) atoms. The number of methoxy groups -OCH3 is 1. The maximum atomic E-state index is 12.0. The fourth-order valence-corrected chi connectivity index (χ4v) is 2.98. The summed E-state index contributed by atoms with van der Waals surface area (Å²) in [6.07, 6.45) is 4.57. The minimum atomic E-state index is 0.260. The first kappa shape index (κ1) is 15.8. The highest BCUT2D eigenvalue weighted by atomic mass is 16.5. The first-order valence-electron chi connectivity index (χ1n) is 7.84. The molecule has 4 nitrogen and oxygen atoms in total. The Morgan fingerprint density at radius 3 is 2.71 bits per heavy atom. The lowest BCUT2D eigenvalue weighted by molar-refractivity contribution is -0.132. The summed E-state index contributed by atoms with van der Waals surface area (Å²) in [5.74, 6) is 1.87. The number of nitrogens with zero attached hydrogens (tertiary/aromatic N) is 1. The zero-order chi connectivity index (χ0) is 15.1. The van der Waals surface area contributed by atoms with Crippen LogP contribution in [0.1, 0.15) is 31.2 Å². The number of benzene rings is 1. The zero-order valence-corrected chi connectivity index (χ0v) is 12.9. The molecule has 2 N–H and O–H groups in total. The highest BCUT2D eigenvalue weighted by Crippen LogP contribution is 2.26. The third-order valence-corrected chi connectivity index (χ3v) is 4.26. The number of carbonyl (C=O) groups excluding carboxylic acids is 1. The summed E-state index contributed by atoms with van der Waals surface area (Å²) in [5.41, 5.74) is 6.73. The molecule has 0 radical (unpaired) electrons. The fourth-order valence-electron chi connectivity index (χ4n) is 2.98. The smallest absolute Gasteiger partial charge is 0.222 e. The molecule has 1 aliphatic heterocycles. The van der Waals surface area contributed by atoms with E-state index in [2.05, 4.69) is 12.1 Å². The second kappa shape index (κ2) is 8.03. The van der Waals surface area contributed by atoms with E-state index in [1.54, 1.807) is 7.11 Å². The first-order chi connectivity index (χ1) is 10.2. The van der Waals surface area contributed by atoms with Gasteiger partial charge in [0.15, 0.2) is 0 Å². The van der Waals surface area contributed by atoms with Gasteiger partial charge >= 0.3 is 0 Å². The number of piperidine rings is 1. The van der Waals surface area contributed by atoms with E-state index < -0.39 is 0 Å². The van der Waals surface area contributed by atoms with Crippen LogP contribution in [0.3, 0.4) is 0 Å². The molecule has 1 fully saturated rings. The Morgan fingerprint density at radius 2 is 2.05 bits per heavy atom. The normalized spacial score (nSPS) is 16.0. The molecule has 0 aliphatic carbocycles. The van der Waals surface area contributed by atoms with Gasteiger partial charge in [-0.25, -0.2) is 0 Å². The standard InChI is InChI=1S/C17H26N2O2/c1-21-16-6-3-2-5-15(16)13-14-8-11-19(12-9-14)17(20)7-4-10-18/h2-3,5-6,14H,4,7-13,18H2,1H3. The number of likely N-dealkylation sites (tertiary alicyclic amines) is 1. The van der Waals surface area contributed by atoms with Crippen LogP contribution < -0.4 is 10.5 Å². The first-order valence-corrected chi connectivity index (χ1v) is 7.84. The van der Waals surface area contributed by atoms with E-state index in [4.69, 9.17) is 10.5 Å². The molecule has 1 aromatic carbocycles. The van der Waals surface area contributed by atoms with E-state index >= 15 is 0 Å². The van der Waals surface area contributed by atoms with Gasteiger partial charge in [-0.2, -0.15) is 0 Å². The summed E-state index contributed by atoms with van der Waals surface area (Å²) in [6.45, 7) is 2.35. The second-order valence-corrected chi connectivity index (χ2v) is 5.73. The van der Waals surface area contributed by atoms with Crippen LogP contribution in [0.2, 0.25) is 0 Å². The van der Waals surface area contributed by atoms with Crippen molar-refractivity contribution in [2.75, 3.05) is 26.7 Å². The third kappa shape index (κ3) is 4.46. The lowest BCUT2D eigenvalue weighted by Crippen LogP contribution is -2.39. The Balaban J connectivity index is 1.82. The van der Waals surface area contributed by atoms with Gasteiger partial charge in [0, 0.05) is 19.5 Å². The minimum Gasteiger partial charge on any atom is -0.496 e. The van der Waals surface area contributed by atoms with Crippen LogP contribution in [0, 0.1) is 5.92 Å². The van der Waals surface area contributed by atoms with Crippen molar-refractivity contribution in [2.24, 2.45) is 11.7 Å². The van der Waals surface area contributed by atoms with Crippen molar-refractivity contribution < 1.29 is 9.53 Å². The fraction of sp³-hybridized carbons (Fsp3) is 0.588. The number of para-hydroxylation sites is 1. The predicted molar refractivity (Wildman–Crippen MR) is 84.3 cm³/mol.